The van der Waals surface area contributed by atoms with Crippen LogP contribution in [0, 0.1) is 12.8 Å². The number of aromatic nitrogens is 4. The maximum absolute atomic E-state index is 12.5. The number of benzene rings is 2. The molecule has 8 heteroatoms. The molecular weight excluding hydrogens is 418 g/mol. The van der Waals surface area contributed by atoms with Crippen LogP contribution < -0.4 is 9.64 Å². The molecule has 1 aliphatic rings. The van der Waals surface area contributed by atoms with Gasteiger partial charge in [-0.25, -0.2) is 9.38 Å². The lowest BCUT2D eigenvalue weighted by atomic mass is 9.98. The van der Waals surface area contributed by atoms with Crippen LogP contribution in [0.1, 0.15) is 25.3 Å². The fraction of sp³-hybridized carbons (Fsp3) is 0.360. The quantitative estimate of drug-likeness (QED) is 0.429. The number of esters is 1. The molecule has 0 bridgehead atoms. The van der Waals surface area contributed by atoms with Crippen LogP contribution in [0.2, 0.25) is 0 Å². The molecule has 0 radical (unpaired) electrons. The second kappa shape index (κ2) is 8.69. The van der Waals surface area contributed by atoms with E-state index in [2.05, 4.69) is 28.1 Å². The Hall–Kier alpha value is -3.68. The predicted octanol–water partition coefficient (Wildman–Crippen LogP) is 4.04. The Morgan fingerprint density at radius 3 is 2.85 bits per heavy atom. The lowest BCUT2D eigenvalue weighted by Gasteiger charge is -2.32. The first-order valence-corrected chi connectivity index (χ1v) is 11.3. The van der Waals surface area contributed by atoms with E-state index in [0.717, 1.165) is 53.0 Å². The number of hydrogen-bond donors (Lipinski definition) is 0. The molecule has 2 aromatic carbocycles. The van der Waals surface area contributed by atoms with Gasteiger partial charge in [-0.2, -0.15) is 0 Å². The minimum Gasteiger partial charge on any atom is -0.496 e. The number of carbonyl (C=O) groups is 1. The summed E-state index contributed by atoms with van der Waals surface area (Å²) in [6, 6.07) is 13.9. The van der Waals surface area contributed by atoms with Gasteiger partial charge in [0.25, 0.3) is 0 Å². The number of carbonyl (C=O) groups excluding carboxylic acids is 1. The van der Waals surface area contributed by atoms with Gasteiger partial charge in [0, 0.05) is 18.5 Å². The monoisotopic (exact) mass is 445 g/mol. The van der Waals surface area contributed by atoms with Crippen LogP contribution in [0.15, 0.2) is 42.5 Å². The summed E-state index contributed by atoms with van der Waals surface area (Å²) in [5, 5.41) is 10.1. The molecule has 0 spiro atoms. The third-order valence-corrected chi connectivity index (χ3v) is 6.15. The Morgan fingerprint density at radius 1 is 1.18 bits per heavy atom. The van der Waals surface area contributed by atoms with Crippen molar-refractivity contribution in [3.8, 4) is 17.1 Å². The van der Waals surface area contributed by atoms with E-state index < -0.39 is 0 Å². The molecule has 1 fully saturated rings. The molecule has 3 heterocycles. The van der Waals surface area contributed by atoms with E-state index in [1.165, 1.54) is 0 Å². The van der Waals surface area contributed by atoms with Crippen molar-refractivity contribution in [1.82, 2.24) is 19.6 Å². The number of fused-ring (bicyclic) bond motifs is 3. The maximum atomic E-state index is 12.5. The summed E-state index contributed by atoms with van der Waals surface area (Å²) in [6.07, 6.45) is 1.69. The van der Waals surface area contributed by atoms with Gasteiger partial charge in [-0.1, -0.05) is 23.8 Å². The Balaban J connectivity index is 1.72. The normalized spacial score (nSPS) is 16.3. The van der Waals surface area contributed by atoms with E-state index in [1.54, 1.807) is 7.11 Å². The van der Waals surface area contributed by atoms with Gasteiger partial charge >= 0.3 is 5.97 Å². The van der Waals surface area contributed by atoms with Crippen molar-refractivity contribution in [2.75, 3.05) is 31.7 Å². The van der Waals surface area contributed by atoms with Crippen LogP contribution in [0.4, 0.5) is 5.95 Å². The smallest absolute Gasteiger partial charge is 0.310 e. The zero-order valence-electron chi connectivity index (χ0n) is 19.1. The van der Waals surface area contributed by atoms with Crippen LogP contribution in [-0.2, 0) is 9.53 Å². The van der Waals surface area contributed by atoms with Crippen LogP contribution in [0.3, 0.4) is 0 Å². The van der Waals surface area contributed by atoms with Crippen LogP contribution >= 0.6 is 0 Å². The highest BCUT2D eigenvalue weighted by Gasteiger charge is 2.30. The zero-order valence-corrected chi connectivity index (χ0v) is 19.1. The van der Waals surface area contributed by atoms with E-state index in [9.17, 15) is 4.79 Å². The molecule has 2 aromatic heterocycles. The molecule has 5 rings (SSSR count). The standard InChI is InChI=1S/C25H27N5O3/c1-4-33-24(31)17-8-7-13-29(15-17)25-26-20-12-11-16(2)14-19(20)23-28-27-22(30(23)25)18-9-5-6-10-21(18)32-3/h5-6,9-12,14,17H,4,7-8,13,15H2,1-3H3. The van der Waals surface area contributed by atoms with Crippen LogP contribution in [0.25, 0.3) is 27.9 Å². The number of rotatable bonds is 5. The lowest BCUT2D eigenvalue weighted by Crippen LogP contribution is -2.40. The van der Waals surface area contributed by atoms with Crippen molar-refractivity contribution in [3.63, 3.8) is 0 Å². The van der Waals surface area contributed by atoms with Crippen molar-refractivity contribution < 1.29 is 14.3 Å². The van der Waals surface area contributed by atoms with Crippen LogP contribution in [0.5, 0.6) is 5.75 Å². The fourth-order valence-electron chi connectivity index (χ4n) is 4.56. The number of anilines is 1. The van der Waals surface area contributed by atoms with Crippen molar-refractivity contribution in [2.24, 2.45) is 5.92 Å². The average molecular weight is 446 g/mol. The molecule has 8 nitrogen and oxygen atoms in total. The largest absolute Gasteiger partial charge is 0.496 e. The molecule has 0 N–H and O–H groups in total. The molecule has 0 amide bonds. The van der Waals surface area contributed by atoms with E-state index in [0.29, 0.717) is 24.7 Å². The second-order valence-corrected chi connectivity index (χ2v) is 8.35. The third-order valence-electron chi connectivity index (χ3n) is 6.15. The number of methoxy groups -OCH3 is 1. The summed E-state index contributed by atoms with van der Waals surface area (Å²) >= 11 is 0. The second-order valence-electron chi connectivity index (χ2n) is 8.35. The predicted molar refractivity (Wildman–Crippen MR) is 127 cm³/mol. The van der Waals surface area contributed by atoms with Crippen molar-refractivity contribution in [3.05, 3.63) is 48.0 Å². The summed E-state index contributed by atoms with van der Waals surface area (Å²) in [5.74, 6) is 1.76. The molecule has 0 aliphatic carbocycles. The van der Waals surface area contributed by atoms with Gasteiger partial charge in [-0.05, 0) is 51.0 Å². The third kappa shape index (κ3) is 3.75. The number of nitrogens with zero attached hydrogens (tertiary/aromatic N) is 5. The fourth-order valence-corrected chi connectivity index (χ4v) is 4.56. The van der Waals surface area contributed by atoms with Gasteiger partial charge in [-0.15, -0.1) is 10.2 Å². The number of hydrogen-bond acceptors (Lipinski definition) is 7. The molecule has 1 unspecified atom stereocenters. The molecule has 1 aliphatic heterocycles. The highest BCUT2D eigenvalue weighted by Crippen LogP contribution is 2.34. The zero-order chi connectivity index (χ0) is 22.9. The number of aryl methyl sites for hydroxylation is 1. The minimum absolute atomic E-state index is 0.149. The summed E-state index contributed by atoms with van der Waals surface area (Å²) in [5.41, 5.74) is 3.54. The molecule has 33 heavy (non-hydrogen) atoms. The number of para-hydroxylation sites is 1. The topological polar surface area (TPSA) is 81.9 Å². The maximum Gasteiger partial charge on any atom is 0.310 e. The Bertz CT molecular complexity index is 1330. The molecular formula is C25H27N5O3. The highest BCUT2D eigenvalue weighted by atomic mass is 16.5. The van der Waals surface area contributed by atoms with E-state index in [-0.39, 0.29) is 11.9 Å². The first-order valence-electron chi connectivity index (χ1n) is 11.3. The molecule has 1 atom stereocenters. The molecule has 170 valence electrons. The van der Waals surface area contributed by atoms with Crippen molar-refractivity contribution >= 4 is 28.5 Å². The van der Waals surface area contributed by atoms with E-state index >= 15 is 0 Å². The summed E-state index contributed by atoms with van der Waals surface area (Å²) in [6.45, 7) is 5.61. The SMILES string of the molecule is CCOC(=O)C1CCCN(c2nc3ccc(C)cc3c3nnc(-c4ccccc4OC)n23)C1. The first kappa shape index (κ1) is 21.2. The highest BCUT2D eigenvalue weighted by molar-refractivity contribution is 5.94. The Labute approximate surface area is 192 Å². The van der Waals surface area contributed by atoms with Gasteiger partial charge in [0.05, 0.1) is 30.7 Å². The van der Waals surface area contributed by atoms with Crippen LogP contribution in [-0.4, -0.2) is 52.4 Å². The van der Waals surface area contributed by atoms with Crippen molar-refractivity contribution in [1.29, 1.82) is 0 Å². The Kier molecular flexibility index (Phi) is 5.58. The van der Waals surface area contributed by atoms with Gasteiger partial charge in [0.2, 0.25) is 5.95 Å². The van der Waals surface area contributed by atoms with Gasteiger partial charge in [-0.3, -0.25) is 4.79 Å². The van der Waals surface area contributed by atoms with Gasteiger partial charge in [0.15, 0.2) is 11.5 Å². The van der Waals surface area contributed by atoms with Gasteiger partial charge in [0.1, 0.15) is 5.75 Å². The lowest BCUT2D eigenvalue weighted by molar-refractivity contribution is -0.148. The summed E-state index contributed by atoms with van der Waals surface area (Å²) < 4.78 is 12.9. The minimum atomic E-state index is -0.185. The van der Waals surface area contributed by atoms with E-state index in [4.69, 9.17) is 14.5 Å². The van der Waals surface area contributed by atoms with Gasteiger partial charge < -0.3 is 14.4 Å². The summed E-state index contributed by atoms with van der Waals surface area (Å²) in [4.78, 5) is 19.7. The molecule has 4 aromatic rings. The first-order chi connectivity index (χ1) is 16.1. The van der Waals surface area contributed by atoms with E-state index in [1.807, 2.05) is 47.7 Å². The number of ether oxygens (including phenoxy) is 2. The van der Waals surface area contributed by atoms with Crippen molar-refractivity contribution in [2.45, 2.75) is 26.7 Å². The summed E-state index contributed by atoms with van der Waals surface area (Å²) in [7, 11) is 1.65. The molecule has 1 saturated heterocycles. The average Bonchev–Trinajstić information content (AvgIpc) is 3.29. The number of piperidine rings is 1. The molecule has 0 saturated carbocycles. The Morgan fingerprint density at radius 2 is 2.03 bits per heavy atom.